The van der Waals surface area contributed by atoms with E-state index in [9.17, 15) is 13.2 Å². The van der Waals surface area contributed by atoms with Crippen molar-refractivity contribution in [2.24, 2.45) is 0 Å². The zero-order chi connectivity index (χ0) is 16.8. The van der Waals surface area contributed by atoms with Gasteiger partial charge >= 0.3 is 6.18 Å². The average Bonchev–Trinajstić information content (AvgIpc) is 2.43. The Morgan fingerprint density at radius 2 is 1.65 bits per heavy atom. The van der Waals surface area contributed by atoms with E-state index in [2.05, 4.69) is 6.92 Å². The van der Waals surface area contributed by atoms with Crippen LogP contribution in [0, 0.1) is 6.92 Å². The summed E-state index contributed by atoms with van der Waals surface area (Å²) in [6.07, 6.45) is -0.958. The maximum atomic E-state index is 13.4. The molecule has 1 aliphatic rings. The molecule has 122 valence electrons. The highest BCUT2D eigenvalue weighted by Gasteiger charge is 2.36. The molecule has 0 heterocycles. The van der Waals surface area contributed by atoms with E-state index in [1.54, 1.807) is 25.1 Å². The minimum absolute atomic E-state index is 0.0649. The number of benzene rings is 2. The Morgan fingerprint density at radius 3 is 2.13 bits per heavy atom. The van der Waals surface area contributed by atoms with Gasteiger partial charge in [-0.25, -0.2) is 0 Å². The van der Waals surface area contributed by atoms with Crippen molar-refractivity contribution in [2.45, 2.75) is 44.7 Å². The van der Waals surface area contributed by atoms with E-state index in [1.807, 2.05) is 12.1 Å². The van der Waals surface area contributed by atoms with Gasteiger partial charge in [0.25, 0.3) is 0 Å². The molecule has 0 amide bonds. The van der Waals surface area contributed by atoms with E-state index in [-0.39, 0.29) is 16.0 Å². The Kier molecular flexibility index (Phi) is 3.96. The molecule has 3 rings (SSSR count). The molecule has 0 atom stereocenters. The van der Waals surface area contributed by atoms with Crippen molar-refractivity contribution in [3.05, 3.63) is 58.1 Å². The summed E-state index contributed by atoms with van der Waals surface area (Å²) in [5.41, 5.74) is 1.76. The van der Waals surface area contributed by atoms with Crippen LogP contribution in [0.5, 0.6) is 0 Å². The second kappa shape index (κ2) is 5.55. The van der Waals surface area contributed by atoms with Crippen LogP contribution in [-0.4, -0.2) is 0 Å². The Hall–Kier alpha value is -1.48. The molecule has 0 bridgehead atoms. The highest BCUT2D eigenvalue weighted by molar-refractivity contribution is 6.33. The van der Waals surface area contributed by atoms with Gasteiger partial charge in [-0.05, 0) is 54.0 Å². The first-order valence-electron chi connectivity index (χ1n) is 7.69. The normalized spacial score (nSPS) is 17.0. The zero-order valence-electron chi connectivity index (χ0n) is 13.1. The molecule has 0 aliphatic heterocycles. The van der Waals surface area contributed by atoms with E-state index < -0.39 is 11.7 Å². The van der Waals surface area contributed by atoms with Crippen molar-refractivity contribution < 1.29 is 13.2 Å². The van der Waals surface area contributed by atoms with Crippen molar-refractivity contribution in [1.82, 2.24) is 0 Å². The van der Waals surface area contributed by atoms with Gasteiger partial charge in [0.05, 0.1) is 5.56 Å². The molecule has 1 aliphatic carbocycles. The fourth-order valence-corrected chi connectivity index (χ4v) is 3.68. The van der Waals surface area contributed by atoms with Gasteiger partial charge in [0.1, 0.15) is 0 Å². The van der Waals surface area contributed by atoms with E-state index in [1.165, 1.54) is 12.0 Å². The summed E-state index contributed by atoms with van der Waals surface area (Å²) < 4.78 is 40.1. The molecule has 0 saturated heterocycles. The highest BCUT2D eigenvalue weighted by Crippen LogP contribution is 2.45. The fourth-order valence-electron chi connectivity index (χ4n) is 3.29. The molecule has 2 aromatic carbocycles. The molecular weight excluding hydrogens is 321 g/mol. The van der Waals surface area contributed by atoms with Crippen molar-refractivity contribution in [1.29, 1.82) is 0 Å². The van der Waals surface area contributed by atoms with Crippen molar-refractivity contribution in [3.63, 3.8) is 0 Å². The lowest BCUT2D eigenvalue weighted by Gasteiger charge is -2.39. The second-order valence-electron chi connectivity index (χ2n) is 6.66. The van der Waals surface area contributed by atoms with Gasteiger partial charge < -0.3 is 0 Å². The van der Waals surface area contributed by atoms with Gasteiger partial charge in [-0.3, -0.25) is 0 Å². The molecule has 0 radical (unpaired) electrons. The summed E-state index contributed by atoms with van der Waals surface area (Å²) in [7, 11) is 0. The summed E-state index contributed by atoms with van der Waals surface area (Å²) in [5, 5.41) is 0.139. The van der Waals surface area contributed by atoms with Crippen LogP contribution in [0.15, 0.2) is 36.4 Å². The van der Waals surface area contributed by atoms with Gasteiger partial charge in [-0.2, -0.15) is 13.2 Å². The van der Waals surface area contributed by atoms with E-state index >= 15 is 0 Å². The minimum atomic E-state index is -4.43. The summed E-state index contributed by atoms with van der Waals surface area (Å²) in [6.45, 7) is 3.82. The smallest absolute Gasteiger partial charge is 0.166 e. The average molecular weight is 339 g/mol. The molecule has 23 heavy (non-hydrogen) atoms. The molecule has 4 heteroatoms. The lowest BCUT2D eigenvalue weighted by molar-refractivity contribution is -0.137. The number of halogens is 4. The Morgan fingerprint density at radius 1 is 1.04 bits per heavy atom. The van der Waals surface area contributed by atoms with Crippen LogP contribution in [0.4, 0.5) is 13.2 Å². The highest BCUT2D eigenvalue weighted by atomic mass is 35.5. The third-order valence-electron chi connectivity index (χ3n) is 4.87. The largest absolute Gasteiger partial charge is 0.417 e. The fraction of sp³-hybridized carbons (Fsp3) is 0.368. The molecule has 0 unspecified atom stereocenters. The van der Waals surface area contributed by atoms with E-state index in [0.29, 0.717) is 11.1 Å². The topological polar surface area (TPSA) is 0 Å². The van der Waals surface area contributed by atoms with Crippen molar-refractivity contribution >= 4 is 11.6 Å². The summed E-state index contributed by atoms with van der Waals surface area (Å²) >= 11 is 6.14. The first-order valence-corrected chi connectivity index (χ1v) is 8.07. The molecule has 1 fully saturated rings. The lowest BCUT2D eigenvalue weighted by Crippen LogP contribution is -2.30. The minimum Gasteiger partial charge on any atom is -0.166 e. The summed E-state index contributed by atoms with van der Waals surface area (Å²) in [4.78, 5) is 0. The van der Waals surface area contributed by atoms with Gasteiger partial charge in [-0.1, -0.05) is 49.2 Å². The molecule has 0 N–H and O–H groups in total. The van der Waals surface area contributed by atoms with Crippen LogP contribution in [0.3, 0.4) is 0 Å². The van der Waals surface area contributed by atoms with Crippen LogP contribution in [0.25, 0.3) is 11.1 Å². The van der Waals surface area contributed by atoms with Gasteiger partial charge in [0.2, 0.25) is 0 Å². The number of hydrogen-bond acceptors (Lipinski definition) is 0. The molecule has 0 nitrogen and oxygen atoms in total. The molecule has 0 spiro atoms. The van der Waals surface area contributed by atoms with Crippen molar-refractivity contribution in [3.8, 4) is 11.1 Å². The Balaban J connectivity index is 2.08. The van der Waals surface area contributed by atoms with Crippen LogP contribution >= 0.6 is 11.6 Å². The Bertz CT molecular complexity index is 726. The van der Waals surface area contributed by atoms with E-state index in [0.717, 1.165) is 18.9 Å². The molecule has 0 aromatic heterocycles. The summed E-state index contributed by atoms with van der Waals surface area (Å²) in [5.74, 6) is 0. The van der Waals surface area contributed by atoms with Crippen LogP contribution in [0.2, 0.25) is 5.02 Å². The molecule has 1 saturated carbocycles. The number of aryl methyl sites for hydroxylation is 1. The van der Waals surface area contributed by atoms with Crippen LogP contribution in [0.1, 0.15) is 42.9 Å². The maximum absolute atomic E-state index is 13.4. The standard InChI is InChI=1S/C19H18ClF3/c1-12-10-15(19(21,22)23)17(16(20)11-12)13-4-6-14(7-5-13)18(2)8-3-9-18/h4-7,10-11H,3,8-9H2,1-2H3. The van der Waals surface area contributed by atoms with Gasteiger partial charge in [-0.15, -0.1) is 0 Å². The zero-order valence-corrected chi connectivity index (χ0v) is 13.9. The SMILES string of the molecule is Cc1cc(Cl)c(-c2ccc(C3(C)CCC3)cc2)c(C(F)(F)F)c1. The van der Waals surface area contributed by atoms with Gasteiger partial charge in [0, 0.05) is 10.6 Å². The van der Waals surface area contributed by atoms with E-state index in [4.69, 9.17) is 11.6 Å². The van der Waals surface area contributed by atoms with Gasteiger partial charge in [0.15, 0.2) is 0 Å². The third-order valence-corrected chi connectivity index (χ3v) is 5.17. The van der Waals surface area contributed by atoms with Crippen LogP contribution < -0.4 is 0 Å². The quantitative estimate of drug-likeness (QED) is 0.566. The van der Waals surface area contributed by atoms with Crippen molar-refractivity contribution in [2.75, 3.05) is 0 Å². The number of alkyl halides is 3. The maximum Gasteiger partial charge on any atom is 0.417 e. The number of hydrogen-bond donors (Lipinski definition) is 0. The van der Waals surface area contributed by atoms with Crippen LogP contribution in [-0.2, 0) is 11.6 Å². The first kappa shape index (κ1) is 16.4. The predicted octanol–water partition coefficient (Wildman–Crippen LogP) is 6.78. The Labute approximate surface area is 139 Å². The third kappa shape index (κ3) is 2.99. The lowest BCUT2D eigenvalue weighted by atomic mass is 9.66. The number of rotatable bonds is 2. The monoisotopic (exact) mass is 338 g/mol. The first-order chi connectivity index (χ1) is 10.7. The molecular formula is C19H18ClF3. The predicted molar refractivity (Wildman–Crippen MR) is 87.8 cm³/mol. The summed E-state index contributed by atoms with van der Waals surface area (Å²) in [6, 6.07) is 10.1. The molecule has 2 aromatic rings. The second-order valence-corrected chi connectivity index (χ2v) is 7.07.